The smallest absolute Gasteiger partial charge is 0.317 e. The van der Waals surface area contributed by atoms with Crippen LogP contribution in [-0.2, 0) is 9.53 Å². The van der Waals surface area contributed by atoms with Crippen molar-refractivity contribution in [3.8, 4) is 0 Å². The molecule has 0 radical (unpaired) electrons. The number of aliphatic hydroxyl groups is 1. The van der Waals surface area contributed by atoms with Crippen molar-refractivity contribution in [2.45, 2.75) is 18.8 Å². The summed E-state index contributed by atoms with van der Waals surface area (Å²) >= 11 is 0. The number of aliphatic hydroxyl groups excluding tert-OH is 1. The van der Waals surface area contributed by atoms with Gasteiger partial charge >= 0.3 is 5.97 Å². The molecule has 1 saturated heterocycles. The molecule has 11 heavy (non-hydrogen) atoms. The molecule has 0 aliphatic carbocycles. The first-order valence-corrected chi connectivity index (χ1v) is 3.43. The third kappa shape index (κ3) is 2.83. The predicted molar refractivity (Wildman–Crippen MR) is 36.0 cm³/mol. The van der Waals surface area contributed by atoms with Gasteiger partial charge in [0.1, 0.15) is 6.23 Å². The fourth-order valence-corrected chi connectivity index (χ4v) is 0.954. The zero-order valence-corrected chi connectivity index (χ0v) is 5.99. The van der Waals surface area contributed by atoms with Crippen LogP contribution in [0.15, 0.2) is 0 Å². The molecule has 0 spiro atoms. The highest BCUT2D eigenvalue weighted by atomic mass is 16.5. The summed E-state index contributed by atoms with van der Waals surface area (Å²) in [6.45, 7) is 0.161. The zero-order valence-electron chi connectivity index (χ0n) is 5.99. The van der Waals surface area contributed by atoms with Gasteiger partial charge in [0, 0.05) is 6.42 Å². The monoisotopic (exact) mass is 161 g/mol. The normalized spacial score (nSPS) is 30.6. The van der Waals surface area contributed by atoms with Crippen LogP contribution in [0.4, 0.5) is 0 Å². The summed E-state index contributed by atoms with van der Waals surface area (Å²) in [4.78, 5) is 10.1. The van der Waals surface area contributed by atoms with Crippen molar-refractivity contribution in [2.75, 3.05) is 13.2 Å². The molecule has 0 aromatic rings. The van der Waals surface area contributed by atoms with Gasteiger partial charge in [-0.3, -0.25) is 10.1 Å². The summed E-state index contributed by atoms with van der Waals surface area (Å²) in [5, 5.41) is 19.8. The van der Waals surface area contributed by atoms with E-state index in [-0.39, 0.29) is 19.4 Å². The number of hydrogen-bond donors (Lipinski definition) is 3. The van der Waals surface area contributed by atoms with Gasteiger partial charge in [0.25, 0.3) is 0 Å². The molecule has 2 atom stereocenters. The number of carboxylic acid groups (broad SMARTS) is 1. The molecule has 5 heteroatoms. The first-order valence-electron chi connectivity index (χ1n) is 3.43. The Morgan fingerprint density at radius 1 is 1.73 bits per heavy atom. The van der Waals surface area contributed by atoms with E-state index < -0.39 is 12.1 Å². The Balaban J connectivity index is 2.13. The Morgan fingerprint density at radius 2 is 2.45 bits per heavy atom. The van der Waals surface area contributed by atoms with Crippen LogP contribution in [0, 0.1) is 0 Å². The molecule has 64 valence electrons. The van der Waals surface area contributed by atoms with E-state index in [9.17, 15) is 4.79 Å². The lowest BCUT2D eigenvalue weighted by Crippen LogP contribution is -2.33. The molecule has 0 aromatic carbocycles. The Hall–Kier alpha value is -0.650. The summed E-state index contributed by atoms with van der Waals surface area (Å²) < 4.78 is 4.99. The van der Waals surface area contributed by atoms with Crippen LogP contribution in [0.1, 0.15) is 6.42 Å². The first-order chi connectivity index (χ1) is 5.18. The van der Waals surface area contributed by atoms with Crippen molar-refractivity contribution in [2.24, 2.45) is 0 Å². The maximum absolute atomic E-state index is 10.1. The van der Waals surface area contributed by atoms with Gasteiger partial charge in [-0.25, -0.2) is 0 Å². The Morgan fingerprint density at radius 3 is 2.91 bits per heavy atom. The summed E-state index contributed by atoms with van der Waals surface area (Å²) in [5.74, 6) is -0.921. The van der Waals surface area contributed by atoms with Gasteiger partial charge in [0.15, 0.2) is 0 Å². The molecule has 0 aromatic heterocycles. The minimum Gasteiger partial charge on any atom is -0.480 e. The molecular formula is C6H11NO4. The molecule has 1 rings (SSSR count). The minimum absolute atomic E-state index is 0.128. The van der Waals surface area contributed by atoms with Gasteiger partial charge in [-0.1, -0.05) is 0 Å². The zero-order chi connectivity index (χ0) is 8.27. The van der Waals surface area contributed by atoms with Crippen LogP contribution in [0.5, 0.6) is 0 Å². The van der Waals surface area contributed by atoms with Crippen molar-refractivity contribution in [1.82, 2.24) is 5.32 Å². The van der Waals surface area contributed by atoms with Gasteiger partial charge in [-0.2, -0.15) is 0 Å². The highest BCUT2D eigenvalue weighted by molar-refractivity contribution is 5.69. The SMILES string of the molecule is O=C(O)CNC1CC(O)CO1. The predicted octanol–water partition coefficient (Wildman–Crippen LogP) is -1.23. The molecule has 0 saturated carbocycles. The van der Waals surface area contributed by atoms with Crippen molar-refractivity contribution in [3.05, 3.63) is 0 Å². The van der Waals surface area contributed by atoms with E-state index in [1.807, 2.05) is 0 Å². The standard InChI is InChI=1S/C6H11NO4/c8-4-1-5(11-3-4)7-2-6(9)10/h4-5,7-8H,1-3H2,(H,9,10). The highest BCUT2D eigenvalue weighted by Crippen LogP contribution is 2.09. The first kappa shape index (κ1) is 8.45. The number of carboxylic acids is 1. The number of hydrogen-bond acceptors (Lipinski definition) is 4. The average molecular weight is 161 g/mol. The second kappa shape index (κ2) is 3.66. The number of ether oxygens (including phenoxy) is 1. The highest BCUT2D eigenvalue weighted by Gasteiger charge is 2.23. The fraction of sp³-hybridized carbons (Fsp3) is 0.833. The quantitative estimate of drug-likeness (QED) is 0.483. The van der Waals surface area contributed by atoms with Gasteiger partial charge in [0.2, 0.25) is 0 Å². The molecule has 1 aliphatic heterocycles. The van der Waals surface area contributed by atoms with Crippen molar-refractivity contribution < 1.29 is 19.7 Å². The van der Waals surface area contributed by atoms with Crippen LogP contribution in [0.2, 0.25) is 0 Å². The van der Waals surface area contributed by atoms with E-state index in [1.165, 1.54) is 0 Å². The van der Waals surface area contributed by atoms with Crippen LogP contribution in [0.3, 0.4) is 0 Å². The lowest BCUT2D eigenvalue weighted by atomic mass is 10.3. The van der Waals surface area contributed by atoms with E-state index in [1.54, 1.807) is 0 Å². The van der Waals surface area contributed by atoms with Crippen molar-refractivity contribution in [3.63, 3.8) is 0 Å². The summed E-state index contributed by atoms with van der Waals surface area (Å²) in [7, 11) is 0. The van der Waals surface area contributed by atoms with Gasteiger partial charge in [-0.15, -0.1) is 0 Å². The van der Waals surface area contributed by atoms with Gasteiger partial charge < -0.3 is 14.9 Å². The Kier molecular flexibility index (Phi) is 2.81. The van der Waals surface area contributed by atoms with Crippen LogP contribution in [-0.4, -0.2) is 41.7 Å². The Labute approximate surface area is 64.0 Å². The van der Waals surface area contributed by atoms with Crippen molar-refractivity contribution in [1.29, 1.82) is 0 Å². The Bertz CT molecular complexity index is 150. The molecule has 1 aliphatic rings. The minimum atomic E-state index is -0.921. The number of nitrogens with one attached hydrogen (secondary N) is 1. The lowest BCUT2D eigenvalue weighted by Gasteiger charge is -2.08. The van der Waals surface area contributed by atoms with Crippen molar-refractivity contribution >= 4 is 5.97 Å². The topological polar surface area (TPSA) is 78.8 Å². The molecule has 1 heterocycles. The second-order valence-electron chi connectivity index (χ2n) is 2.49. The van der Waals surface area contributed by atoms with Crippen LogP contribution >= 0.6 is 0 Å². The average Bonchev–Trinajstić information content (AvgIpc) is 2.31. The maximum Gasteiger partial charge on any atom is 0.317 e. The summed E-state index contributed by atoms with van der Waals surface area (Å²) in [6, 6.07) is 0. The third-order valence-corrected chi connectivity index (χ3v) is 1.46. The van der Waals surface area contributed by atoms with Crippen LogP contribution in [0.25, 0.3) is 0 Å². The largest absolute Gasteiger partial charge is 0.480 e. The summed E-state index contributed by atoms with van der Waals surface area (Å²) in [5.41, 5.74) is 0. The van der Waals surface area contributed by atoms with Gasteiger partial charge in [-0.05, 0) is 0 Å². The molecule has 0 bridgehead atoms. The number of rotatable bonds is 3. The second-order valence-corrected chi connectivity index (χ2v) is 2.49. The molecule has 5 nitrogen and oxygen atoms in total. The van der Waals surface area contributed by atoms with E-state index in [0.29, 0.717) is 6.42 Å². The van der Waals surface area contributed by atoms with Gasteiger partial charge in [0.05, 0.1) is 19.3 Å². The van der Waals surface area contributed by atoms with E-state index in [0.717, 1.165) is 0 Å². The number of aliphatic carboxylic acids is 1. The fourth-order valence-electron chi connectivity index (χ4n) is 0.954. The molecule has 0 amide bonds. The third-order valence-electron chi connectivity index (χ3n) is 1.46. The molecule has 3 N–H and O–H groups in total. The van der Waals surface area contributed by atoms with E-state index in [4.69, 9.17) is 14.9 Å². The summed E-state index contributed by atoms with van der Waals surface area (Å²) in [6.07, 6.45) is -0.296. The molecule has 2 unspecified atom stereocenters. The maximum atomic E-state index is 10.1. The molecule has 1 fully saturated rings. The van der Waals surface area contributed by atoms with Crippen LogP contribution < -0.4 is 5.32 Å². The molecular weight excluding hydrogens is 150 g/mol. The van der Waals surface area contributed by atoms with E-state index in [2.05, 4.69) is 5.32 Å². The lowest BCUT2D eigenvalue weighted by molar-refractivity contribution is -0.136. The number of carbonyl (C=O) groups is 1. The van der Waals surface area contributed by atoms with E-state index >= 15 is 0 Å².